The highest BCUT2D eigenvalue weighted by Gasteiger charge is 2.40. The van der Waals surface area contributed by atoms with E-state index in [9.17, 15) is 4.57 Å². The van der Waals surface area contributed by atoms with Gasteiger partial charge in [0.2, 0.25) is 0 Å². The molecule has 0 fully saturated rings. The lowest BCUT2D eigenvalue weighted by molar-refractivity contribution is 0.570. The van der Waals surface area contributed by atoms with Crippen LogP contribution in [0.25, 0.3) is 5.69 Å². The fourth-order valence-electron chi connectivity index (χ4n) is 1.54. The molecule has 88 valence electrons. The normalized spacial score (nSPS) is 12.5. The van der Waals surface area contributed by atoms with E-state index in [-0.39, 0.29) is 5.16 Å². The van der Waals surface area contributed by atoms with E-state index in [1.54, 1.807) is 6.20 Å². The van der Waals surface area contributed by atoms with Gasteiger partial charge in [-0.15, -0.1) is 0 Å². The summed E-state index contributed by atoms with van der Waals surface area (Å²) in [7, 11) is -1.52. The van der Waals surface area contributed by atoms with Crippen LogP contribution in [0, 0.1) is 0 Å². The molecule has 0 amide bonds. The summed E-state index contributed by atoms with van der Waals surface area (Å²) in [4.78, 5) is 4.24. The van der Waals surface area contributed by atoms with Crippen LogP contribution in [0.1, 0.15) is 20.8 Å². The van der Waals surface area contributed by atoms with E-state index in [1.165, 1.54) is 0 Å². The summed E-state index contributed by atoms with van der Waals surface area (Å²) < 4.78 is 14.3. The summed E-state index contributed by atoms with van der Waals surface area (Å²) in [6.07, 6.45) is 3.55. The van der Waals surface area contributed by atoms with E-state index >= 15 is 0 Å². The van der Waals surface area contributed by atoms with Gasteiger partial charge < -0.3 is 0 Å². The highest BCUT2D eigenvalue weighted by Crippen LogP contribution is 2.36. The minimum Gasteiger partial charge on any atom is -0.261 e. The predicted molar refractivity (Wildman–Crippen MR) is 70.6 cm³/mol. The maximum atomic E-state index is 12.4. The van der Waals surface area contributed by atoms with Gasteiger partial charge in [0.1, 0.15) is 0 Å². The Kier molecular flexibility index (Phi) is 3.12. The summed E-state index contributed by atoms with van der Waals surface area (Å²) in [5.74, 6) is 0. The molecule has 0 radical (unpaired) electrons. The van der Waals surface area contributed by atoms with E-state index in [4.69, 9.17) is 0 Å². The summed E-state index contributed by atoms with van der Waals surface area (Å²) in [6, 6.07) is 9.85. The van der Waals surface area contributed by atoms with Crippen molar-refractivity contribution in [1.82, 2.24) is 9.55 Å². The zero-order valence-corrected chi connectivity index (χ0v) is 11.2. The Balaban J connectivity index is 2.46. The van der Waals surface area contributed by atoms with E-state index < -0.39 is 7.80 Å². The molecule has 17 heavy (non-hydrogen) atoms. The molecule has 2 aromatic rings. The molecule has 1 aromatic heterocycles. The zero-order valence-electron chi connectivity index (χ0n) is 10.3. The molecule has 1 atom stereocenters. The first kappa shape index (κ1) is 12.0. The number of nitrogens with zero attached hydrogens (tertiary/aromatic N) is 2. The van der Waals surface area contributed by atoms with Crippen LogP contribution in [-0.2, 0) is 4.57 Å². The number of hydrogen-bond donors (Lipinski definition) is 0. The molecule has 4 heteroatoms. The quantitative estimate of drug-likeness (QED) is 0.764. The molecule has 1 aromatic carbocycles. The third-order valence-electron chi connectivity index (χ3n) is 2.45. The maximum absolute atomic E-state index is 12.4. The summed E-state index contributed by atoms with van der Waals surface area (Å²) in [5.41, 5.74) is 1.63. The number of aromatic nitrogens is 2. The smallest absolute Gasteiger partial charge is 0.261 e. The van der Waals surface area contributed by atoms with Crippen LogP contribution in [0.5, 0.6) is 0 Å². The topological polar surface area (TPSA) is 34.9 Å². The second kappa shape index (κ2) is 4.42. The Hall–Kier alpha value is -1.47. The lowest BCUT2D eigenvalue weighted by Gasteiger charge is -2.06. The first-order valence-corrected chi connectivity index (χ1v) is 6.82. The average Bonchev–Trinajstić information content (AvgIpc) is 2.76. The maximum Gasteiger partial charge on any atom is 0.422 e. The predicted octanol–water partition coefficient (Wildman–Crippen LogP) is 3.12. The monoisotopic (exact) mass is 247 g/mol. The van der Waals surface area contributed by atoms with Gasteiger partial charge in [-0.3, -0.25) is 4.57 Å². The van der Waals surface area contributed by atoms with Crippen molar-refractivity contribution in [2.45, 2.75) is 25.9 Å². The third kappa shape index (κ3) is 2.45. The van der Waals surface area contributed by atoms with Crippen molar-refractivity contribution >= 4 is 13.4 Å². The van der Waals surface area contributed by atoms with Crippen LogP contribution in [0.15, 0.2) is 42.7 Å². The summed E-state index contributed by atoms with van der Waals surface area (Å²) in [5, 5.41) is -0.271. The van der Waals surface area contributed by atoms with Crippen LogP contribution in [-0.4, -0.2) is 14.7 Å². The van der Waals surface area contributed by atoms with Gasteiger partial charge in [0.25, 0.3) is 0 Å². The highest BCUT2D eigenvalue weighted by molar-refractivity contribution is 7.54. The molecule has 3 nitrogen and oxygen atoms in total. The number of hydrogen-bond acceptors (Lipinski definition) is 2. The Labute approximate surface area is 102 Å². The molecular weight excluding hydrogens is 231 g/mol. The Bertz CT molecular complexity index is 526. The van der Waals surface area contributed by atoms with E-state index in [0.717, 1.165) is 5.69 Å². The van der Waals surface area contributed by atoms with Crippen molar-refractivity contribution in [1.29, 1.82) is 0 Å². The molecule has 0 N–H and O–H groups in total. The number of para-hydroxylation sites is 1. The lowest BCUT2D eigenvalue weighted by atomic mass is 10.3. The lowest BCUT2D eigenvalue weighted by Crippen LogP contribution is -2.21. The van der Waals surface area contributed by atoms with Gasteiger partial charge in [0, 0.05) is 6.20 Å². The largest absolute Gasteiger partial charge is 0.422 e. The SMILES string of the molecule is CC(C)(C)[P+](=O)c1nccn1-c1ccccc1. The first-order chi connectivity index (χ1) is 8.00. The molecule has 0 spiro atoms. The minimum absolute atomic E-state index is 0.271. The standard InChI is InChI=1S/C13H16N2OP/c1-13(2,3)17(16)12-14-9-10-15(12)11-7-5-4-6-8-11/h4-10H,1-3H3/q+1. The van der Waals surface area contributed by atoms with Gasteiger partial charge in [-0.05, 0) is 32.9 Å². The van der Waals surface area contributed by atoms with Crippen molar-refractivity contribution in [2.75, 3.05) is 0 Å². The first-order valence-electron chi connectivity index (χ1n) is 5.56. The fourth-order valence-corrected chi connectivity index (χ4v) is 2.69. The van der Waals surface area contributed by atoms with Crippen LogP contribution >= 0.6 is 7.80 Å². The van der Waals surface area contributed by atoms with Gasteiger partial charge in [-0.1, -0.05) is 22.8 Å². The van der Waals surface area contributed by atoms with Crippen molar-refractivity contribution in [3.8, 4) is 5.69 Å². The average molecular weight is 247 g/mol. The second-order valence-corrected chi connectivity index (χ2v) is 7.23. The summed E-state index contributed by atoms with van der Waals surface area (Å²) >= 11 is 0. The van der Waals surface area contributed by atoms with Gasteiger partial charge in [0.15, 0.2) is 5.16 Å². The van der Waals surface area contributed by atoms with Gasteiger partial charge in [-0.2, -0.15) is 4.98 Å². The van der Waals surface area contributed by atoms with Crippen molar-refractivity contribution in [2.24, 2.45) is 0 Å². The zero-order chi connectivity index (χ0) is 12.5. The van der Waals surface area contributed by atoms with Crippen molar-refractivity contribution in [3.05, 3.63) is 42.7 Å². The van der Waals surface area contributed by atoms with Gasteiger partial charge in [-0.25, -0.2) is 0 Å². The molecule has 1 unspecified atom stereocenters. The highest BCUT2D eigenvalue weighted by atomic mass is 31.1. The molecular formula is C13H16N2OP+. The Morgan fingerprint density at radius 1 is 1.18 bits per heavy atom. The fraction of sp³-hybridized carbons (Fsp3) is 0.308. The molecule has 0 bridgehead atoms. The van der Waals surface area contributed by atoms with E-state index in [0.29, 0.717) is 5.57 Å². The van der Waals surface area contributed by atoms with Crippen LogP contribution in [0.2, 0.25) is 0 Å². The Morgan fingerprint density at radius 2 is 1.82 bits per heavy atom. The second-order valence-electron chi connectivity index (χ2n) is 4.90. The van der Waals surface area contributed by atoms with Crippen LogP contribution in [0.3, 0.4) is 0 Å². The molecule has 0 aliphatic rings. The molecule has 1 heterocycles. The number of rotatable bonds is 2. The number of imidazole rings is 1. The third-order valence-corrected chi connectivity index (χ3v) is 4.36. The molecule has 0 saturated carbocycles. The van der Waals surface area contributed by atoms with Crippen LogP contribution in [0.4, 0.5) is 0 Å². The molecule has 2 rings (SSSR count). The molecule has 0 aliphatic carbocycles. The van der Waals surface area contributed by atoms with Gasteiger partial charge >= 0.3 is 13.4 Å². The minimum atomic E-state index is -1.52. The van der Waals surface area contributed by atoms with Crippen molar-refractivity contribution < 1.29 is 4.57 Å². The molecule has 0 saturated heterocycles. The van der Waals surface area contributed by atoms with Crippen molar-refractivity contribution in [3.63, 3.8) is 0 Å². The summed E-state index contributed by atoms with van der Waals surface area (Å²) in [6.45, 7) is 5.90. The van der Waals surface area contributed by atoms with E-state index in [2.05, 4.69) is 4.98 Å². The molecule has 0 aliphatic heterocycles. The van der Waals surface area contributed by atoms with Crippen LogP contribution < -0.4 is 5.57 Å². The Morgan fingerprint density at radius 3 is 2.41 bits per heavy atom. The van der Waals surface area contributed by atoms with E-state index in [1.807, 2.05) is 61.9 Å². The van der Waals surface area contributed by atoms with Gasteiger partial charge in [0.05, 0.1) is 11.9 Å². The number of benzene rings is 1.